The normalized spacial score (nSPS) is 14.8. The first-order valence-corrected chi connectivity index (χ1v) is 6.83. The summed E-state index contributed by atoms with van der Waals surface area (Å²) in [7, 11) is 5.78. The number of carboxylic acids is 1. The molecule has 19 heavy (non-hydrogen) atoms. The second-order valence-corrected chi connectivity index (χ2v) is 6.21. The number of ether oxygens (including phenoxy) is 1. The fourth-order valence-electron chi connectivity index (χ4n) is 1.75. The van der Waals surface area contributed by atoms with E-state index in [1.54, 1.807) is 0 Å². The van der Waals surface area contributed by atoms with E-state index in [0.29, 0.717) is 23.4 Å². The molecule has 0 spiro atoms. The van der Waals surface area contributed by atoms with Gasteiger partial charge in [0, 0.05) is 18.8 Å². The zero-order chi connectivity index (χ0) is 15.1. The Kier molecular flexibility index (Phi) is 7.68. The van der Waals surface area contributed by atoms with Crippen molar-refractivity contribution in [3.8, 4) is 0 Å². The third-order valence-electron chi connectivity index (χ3n) is 2.98. The Hall–Kier alpha value is -1.10. The predicted octanol–water partition coefficient (Wildman–Crippen LogP) is 0.571. The minimum absolute atomic E-state index is 0.245. The summed E-state index contributed by atoms with van der Waals surface area (Å²) < 4.78 is 5.80. The molecule has 0 amide bonds. The van der Waals surface area contributed by atoms with Crippen molar-refractivity contribution < 1.29 is 23.9 Å². The largest absolute Gasteiger partial charge is 0.550 e. The van der Waals surface area contributed by atoms with Crippen LogP contribution in [0.4, 0.5) is 0 Å². The Morgan fingerprint density at radius 2 is 1.84 bits per heavy atom. The smallest absolute Gasteiger partial charge is 0.306 e. The summed E-state index contributed by atoms with van der Waals surface area (Å²) in [5.41, 5.74) is 0. The number of carbonyl (C=O) groups excluding carboxylic acids is 2. The highest BCUT2D eigenvalue weighted by Crippen LogP contribution is 2.12. The van der Waals surface area contributed by atoms with Gasteiger partial charge in [0.2, 0.25) is 0 Å². The van der Waals surface area contributed by atoms with Crippen LogP contribution in [0.15, 0.2) is 0 Å². The Morgan fingerprint density at radius 3 is 2.26 bits per heavy atom. The van der Waals surface area contributed by atoms with E-state index in [4.69, 9.17) is 4.74 Å². The monoisotopic (exact) mass is 273 g/mol. The van der Waals surface area contributed by atoms with E-state index in [1.165, 1.54) is 0 Å². The molecule has 0 radical (unpaired) electrons. The molecule has 0 heterocycles. The van der Waals surface area contributed by atoms with E-state index >= 15 is 0 Å². The molecule has 0 rings (SSSR count). The maximum atomic E-state index is 11.7. The van der Waals surface area contributed by atoms with E-state index in [9.17, 15) is 14.7 Å². The molecule has 0 aliphatic carbocycles. The SMILES string of the molecule is CCC(C)CCC(=O)OC(CC(=O)[O-])C[N+](C)(C)C. The highest BCUT2D eigenvalue weighted by Gasteiger charge is 2.22. The zero-order valence-electron chi connectivity index (χ0n) is 12.8. The molecular formula is C14H27NO4. The number of hydrogen-bond acceptors (Lipinski definition) is 4. The average Bonchev–Trinajstić information content (AvgIpc) is 2.22. The van der Waals surface area contributed by atoms with Gasteiger partial charge in [-0.25, -0.2) is 0 Å². The van der Waals surface area contributed by atoms with Crippen molar-refractivity contribution in [1.82, 2.24) is 0 Å². The van der Waals surface area contributed by atoms with Crippen molar-refractivity contribution in [2.75, 3.05) is 27.7 Å². The molecule has 0 aromatic rings. The predicted molar refractivity (Wildman–Crippen MR) is 71.1 cm³/mol. The van der Waals surface area contributed by atoms with Crippen LogP contribution < -0.4 is 5.11 Å². The van der Waals surface area contributed by atoms with Crippen LogP contribution in [0.2, 0.25) is 0 Å². The molecular weight excluding hydrogens is 246 g/mol. The van der Waals surface area contributed by atoms with Crippen LogP contribution in [0.3, 0.4) is 0 Å². The number of hydrogen-bond donors (Lipinski definition) is 0. The molecule has 0 saturated carbocycles. The molecule has 0 saturated heterocycles. The van der Waals surface area contributed by atoms with Crippen molar-refractivity contribution >= 4 is 11.9 Å². The third-order valence-corrected chi connectivity index (χ3v) is 2.98. The maximum Gasteiger partial charge on any atom is 0.306 e. The van der Waals surface area contributed by atoms with Gasteiger partial charge >= 0.3 is 5.97 Å². The van der Waals surface area contributed by atoms with Crippen LogP contribution in [0, 0.1) is 5.92 Å². The van der Waals surface area contributed by atoms with Gasteiger partial charge in [-0.3, -0.25) is 4.79 Å². The summed E-state index contributed by atoms with van der Waals surface area (Å²) in [4.78, 5) is 22.4. The van der Waals surface area contributed by atoms with Crippen LogP contribution in [-0.2, 0) is 14.3 Å². The van der Waals surface area contributed by atoms with Crippen molar-refractivity contribution in [1.29, 1.82) is 0 Å². The van der Waals surface area contributed by atoms with E-state index in [1.807, 2.05) is 21.1 Å². The molecule has 0 bridgehead atoms. The Labute approximate surface area is 116 Å². The molecule has 0 aromatic carbocycles. The third kappa shape index (κ3) is 10.5. The van der Waals surface area contributed by atoms with Crippen LogP contribution in [0.25, 0.3) is 0 Å². The van der Waals surface area contributed by atoms with Gasteiger partial charge in [0.25, 0.3) is 0 Å². The van der Waals surface area contributed by atoms with E-state index < -0.39 is 12.1 Å². The van der Waals surface area contributed by atoms with Crippen LogP contribution >= 0.6 is 0 Å². The fourth-order valence-corrected chi connectivity index (χ4v) is 1.75. The lowest BCUT2D eigenvalue weighted by molar-refractivity contribution is -0.873. The maximum absolute atomic E-state index is 11.7. The molecule has 5 nitrogen and oxygen atoms in total. The van der Waals surface area contributed by atoms with Crippen molar-refractivity contribution in [3.63, 3.8) is 0 Å². The number of carbonyl (C=O) groups is 2. The number of likely N-dealkylation sites (N-methyl/N-ethyl adjacent to an activating group) is 1. The first kappa shape index (κ1) is 17.9. The second-order valence-electron chi connectivity index (χ2n) is 6.21. The summed E-state index contributed by atoms with van der Waals surface area (Å²) in [5.74, 6) is -1.03. The summed E-state index contributed by atoms with van der Waals surface area (Å²) in [6, 6.07) is 0. The number of nitrogens with zero attached hydrogens (tertiary/aromatic N) is 1. The first-order chi connectivity index (χ1) is 8.64. The van der Waals surface area contributed by atoms with Crippen LogP contribution in [0.1, 0.15) is 39.5 Å². The van der Waals surface area contributed by atoms with Crippen LogP contribution in [-0.4, -0.2) is 50.2 Å². The summed E-state index contributed by atoms with van der Waals surface area (Å²) in [6.45, 7) is 4.62. The first-order valence-electron chi connectivity index (χ1n) is 6.83. The van der Waals surface area contributed by atoms with Crippen LogP contribution in [0.5, 0.6) is 0 Å². The van der Waals surface area contributed by atoms with Gasteiger partial charge in [0.05, 0.1) is 21.1 Å². The van der Waals surface area contributed by atoms with Crippen molar-refractivity contribution in [2.24, 2.45) is 5.92 Å². The standard InChI is InChI=1S/C14H27NO4/c1-6-11(2)7-8-14(18)19-12(9-13(16)17)10-15(3,4)5/h11-12H,6-10H2,1-5H3. The number of aliphatic carboxylic acids is 1. The lowest BCUT2D eigenvalue weighted by Gasteiger charge is -2.29. The molecule has 0 N–H and O–H groups in total. The summed E-state index contributed by atoms with van der Waals surface area (Å²) in [5, 5.41) is 10.7. The number of quaternary nitrogens is 1. The lowest BCUT2D eigenvalue weighted by Crippen LogP contribution is -2.45. The van der Waals surface area contributed by atoms with Crippen molar-refractivity contribution in [2.45, 2.75) is 45.6 Å². The van der Waals surface area contributed by atoms with E-state index in [-0.39, 0.29) is 12.4 Å². The molecule has 112 valence electrons. The Bertz CT molecular complexity index is 296. The van der Waals surface area contributed by atoms with Gasteiger partial charge < -0.3 is 19.1 Å². The quantitative estimate of drug-likeness (QED) is 0.455. The van der Waals surface area contributed by atoms with Gasteiger partial charge in [0.1, 0.15) is 6.54 Å². The second kappa shape index (κ2) is 8.15. The Morgan fingerprint density at radius 1 is 1.26 bits per heavy atom. The van der Waals surface area contributed by atoms with Gasteiger partial charge in [-0.05, 0) is 12.3 Å². The Balaban J connectivity index is 4.30. The van der Waals surface area contributed by atoms with E-state index in [2.05, 4.69) is 13.8 Å². The summed E-state index contributed by atoms with van der Waals surface area (Å²) in [6.07, 6.45) is 1.28. The van der Waals surface area contributed by atoms with E-state index in [0.717, 1.165) is 12.8 Å². The number of rotatable bonds is 9. The molecule has 0 fully saturated rings. The number of esters is 1. The molecule has 5 heteroatoms. The average molecular weight is 273 g/mol. The van der Waals surface area contributed by atoms with Gasteiger partial charge in [-0.15, -0.1) is 0 Å². The van der Waals surface area contributed by atoms with Gasteiger partial charge in [-0.2, -0.15) is 0 Å². The molecule has 0 aromatic heterocycles. The topological polar surface area (TPSA) is 66.4 Å². The minimum Gasteiger partial charge on any atom is -0.550 e. The zero-order valence-corrected chi connectivity index (χ0v) is 12.8. The molecule has 0 aliphatic rings. The highest BCUT2D eigenvalue weighted by atomic mass is 16.5. The highest BCUT2D eigenvalue weighted by molar-refractivity contribution is 5.70. The minimum atomic E-state index is -1.19. The fraction of sp³-hybridized carbons (Fsp3) is 0.857. The van der Waals surface area contributed by atoms with Crippen molar-refractivity contribution in [3.05, 3.63) is 0 Å². The molecule has 2 atom stereocenters. The molecule has 2 unspecified atom stereocenters. The van der Waals surface area contributed by atoms with Gasteiger partial charge in [-0.1, -0.05) is 20.3 Å². The lowest BCUT2D eigenvalue weighted by atomic mass is 10.0. The molecule has 0 aliphatic heterocycles. The summed E-state index contributed by atoms with van der Waals surface area (Å²) >= 11 is 0. The number of carboxylic acid groups (broad SMARTS) is 1. The van der Waals surface area contributed by atoms with Gasteiger partial charge in [0.15, 0.2) is 6.10 Å².